The maximum absolute atomic E-state index is 13.5. The molecule has 1 atom stereocenters. The van der Waals surface area contributed by atoms with Crippen LogP contribution in [0.4, 0.5) is 23.7 Å². The van der Waals surface area contributed by atoms with Crippen molar-refractivity contribution in [3.63, 3.8) is 0 Å². The summed E-state index contributed by atoms with van der Waals surface area (Å²) >= 11 is 0. The number of carbonyl (C=O) groups is 1. The number of rotatable bonds is 9. The van der Waals surface area contributed by atoms with Crippen molar-refractivity contribution in [2.24, 2.45) is 0 Å². The summed E-state index contributed by atoms with van der Waals surface area (Å²) in [6.45, 7) is 4.67. The maximum atomic E-state index is 13.5. The number of nitrogens with zero attached hydrogens (tertiary/aromatic N) is 3. The minimum absolute atomic E-state index is 0.0342. The minimum Gasteiger partial charge on any atom is -0.378 e. The fourth-order valence-corrected chi connectivity index (χ4v) is 6.95. The number of hydrogen-bond donors (Lipinski definition) is 1. The van der Waals surface area contributed by atoms with Crippen molar-refractivity contribution >= 4 is 31.8 Å². The molecule has 2 aromatic rings. The molecule has 1 N–H and O–H groups in total. The van der Waals surface area contributed by atoms with Crippen LogP contribution < -0.4 is 9.62 Å². The molecule has 2 aromatic carbocycles. The van der Waals surface area contributed by atoms with Gasteiger partial charge in [-0.05, 0) is 54.8 Å². The number of benzene rings is 2. The first-order valence-corrected chi connectivity index (χ1v) is 15.8. The third-order valence-electron chi connectivity index (χ3n) is 6.95. The monoisotopic (exact) mass is 616 g/mol. The van der Waals surface area contributed by atoms with E-state index < -0.39 is 43.9 Å². The smallest absolute Gasteiger partial charge is 0.378 e. The van der Waals surface area contributed by atoms with Crippen molar-refractivity contribution in [1.82, 2.24) is 13.9 Å². The molecule has 1 unspecified atom stereocenters. The van der Waals surface area contributed by atoms with E-state index in [0.717, 1.165) is 17.5 Å². The molecule has 2 heterocycles. The molecule has 2 aliphatic rings. The number of alkyl halides is 3. The van der Waals surface area contributed by atoms with Gasteiger partial charge in [-0.25, -0.2) is 26.4 Å². The van der Waals surface area contributed by atoms with E-state index in [0.29, 0.717) is 50.4 Å². The second kappa shape index (κ2) is 12.5. The van der Waals surface area contributed by atoms with Crippen molar-refractivity contribution in [2.45, 2.75) is 36.5 Å². The van der Waals surface area contributed by atoms with Crippen LogP contribution in [0.15, 0.2) is 65.4 Å². The molecule has 10 nitrogen and oxygen atoms in total. The normalized spacial score (nSPS) is 18.8. The van der Waals surface area contributed by atoms with Gasteiger partial charge in [0.2, 0.25) is 20.0 Å². The van der Waals surface area contributed by atoms with Gasteiger partial charge < -0.3 is 9.64 Å². The van der Waals surface area contributed by atoms with E-state index in [1.165, 1.54) is 45.6 Å². The molecule has 2 amide bonds. The maximum Gasteiger partial charge on any atom is 0.416 e. The van der Waals surface area contributed by atoms with Crippen molar-refractivity contribution in [1.29, 1.82) is 0 Å². The Morgan fingerprint density at radius 2 is 1.66 bits per heavy atom. The molecule has 41 heavy (non-hydrogen) atoms. The van der Waals surface area contributed by atoms with E-state index in [1.807, 2.05) is 0 Å². The van der Waals surface area contributed by atoms with Crippen molar-refractivity contribution in [3.8, 4) is 0 Å². The Labute approximate surface area is 237 Å². The molecule has 0 radical (unpaired) electrons. The minimum atomic E-state index is -4.49. The van der Waals surface area contributed by atoms with Crippen molar-refractivity contribution in [2.75, 3.05) is 44.3 Å². The van der Waals surface area contributed by atoms with Gasteiger partial charge in [-0.2, -0.15) is 17.5 Å². The van der Waals surface area contributed by atoms with Crippen LogP contribution in [0.25, 0.3) is 0 Å². The summed E-state index contributed by atoms with van der Waals surface area (Å²) in [5.74, 6) is 0. The van der Waals surface area contributed by atoms with Crippen LogP contribution in [0, 0.1) is 0 Å². The van der Waals surface area contributed by atoms with Crippen LogP contribution in [0.2, 0.25) is 0 Å². The Hall–Kier alpha value is -2.98. The quantitative estimate of drug-likeness (QED) is 0.462. The van der Waals surface area contributed by atoms with Crippen molar-refractivity contribution in [3.05, 3.63) is 71.6 Å². The Bertz CT molecular complexity index is 1440. The van der Waals surface area contributed by atoms with Gasteiger partial charge in [-0.1, -0.05) is 18.7 Å². The van der Waals surface area contributed by atoms with E-state index in [9.17, 15) is 34.8 Å². The lowest BCUT2D eigenvalue weighted by Gasteiger charge is -2.33. The first kappa shape index (κ1) is 31.0. The summed E-state index contributed by atoms with van der Waals surface area (Å²) in [7, 11) is -7.71. The second-order valence-electron chi connectivity index (χ2n) is 9.63. The molecular weight excluding hydrogens is 585 g/mol. The third-order valence-corrected chi connectivity index (χ3v) is 9.93. The molecule has 0 saturated carbocycles. The van der Waals surface area contributed by atoms with Gasteiger partial charge in [0.05, 0.1) is 30.2 Å². The molecule has 0 spiro atoms. The summed E-state index contributed by atoms with van der Waals surface area (Å²) in [6.07, 6.45) is -3.45. The number of carbonyl (C=O) groups excluding carboxylic acids is 1. The van der Waals surface area contributed by atoms with Crippen LogP contribution in [0.5, 0.6) is 0 Å². The number of anilines is 1. The summed E-state index contributed by atoms with van der Waals surface area (Å²) < 4.78 is 98.4. The van der Waals surface area contributed by atoms with E-state index >= 15 is 0 Å². The van der Waals surface area contributed by atoms with Gasteiger partial charge in [0.1, 0.15) is 0 Å². The predicted molar refractivity (Wildman–Crippen MR) is 146 cm³/mol. The highest BCUT2D eigenvalue weighted by Gasteiger charge is 2.36. The Morgan fingerprint density at radius 3 is 2.24 bits per heavy atom. The molecule has 224 valence electrons. The van der Waals surface area contributed by atoms with Gasteiger partial charge in [-0.3, -0.25) is 4.90 Å². The summed E-state index contributed by atoms with van der Waals surface area (Å²) in [4.78, 5) is 16.4. The fourth-order valence-electron chi connectivity index (χ4n) is 4.71. The topological polar surface area (TPSA) is 116 Å². The summed E-state index contributed by atoms with van der Waals surface area (Å²) in [5, 5.41) is 0.758. The highest BCUT2D eigenvalue weighted by atomic mass is 32.2. The summed E-state index contributed by atoms with van der Waals surface area (Å²) in [5.41, 5.74) is 0.00891. The molecule has 0 bridgehead atoms. The zero-order valence-corrected chi connectivity index (χ0v) is 23.7. The number of ether oxygens (including phenoxy) is 1. The highest BCUT2D eigenvalue weighted by Crippen LogP contribution is 2.31. The van der Waals surface area contributed by atoms with Crippen molar-refractivity contribution < 1.29 is 39.5 Å². The van der Waals surface area contributed by atoms with Gasteiger partial charge in [-0.15, -0.1) is 0 Å². The second-order valence-corrected chi connectivity index (χ2v) is 13.2. The fraction of sp³-hybridized carbons (Fsp3) is 0.423. The lowest BCUT2D eigenvalue weighted by Crippen LogP contribution is -2.48. The van der Waals surface area contributed by atoms with Crippen LogP contribution in [-0.4, -0.2) is 77.5 Å². The largest absolute Gasteiger partial charge is 0.416 e. The summed E-state index contributed by atoms with van der Waals surface area (Å²) in [6, 6.07) is 9.20. The molecule has 15 heteroatoms. The number of amides is 2. The lowest BCUT2D eigenvalue weighted by molar-refractivity contribution is -0.137. The Kier molecular flexibility index (Phi) is 9.43. The third kappa shape index (κ3) is 7.46. The first-order chi connectivity index (χ1) is 19.3. The van der Waals surface area contributed by atoms with E-state index in [2.05, 4.69) is 11.3 Å². The Balaban J connectivity index is 1.57. The number of hydrogen-bond acceptors (Lipinski definition) is 6. The molecule has 2 fully saturated rings. The van der Waals surface area contributed by atoms with Crippen LogP contribution in [0.1, 0.15) is 24.0 Å². The number of sulfonamides is 2. The standard InChI is InChI=1S/C26H31F3N4O6S2/c1-2-40(35,36)30-18-23-4-3-13-33(23)41(37,38)24-11-9-22(10-12-24)32(25(34)31-14-16-39-17-15-31)19-20-5-7-21(8-6-20)26(27,28)29/h2,5-12,23,30H,1,3-4,13-19H2. The first-order valence-electron chi connectivity index (χ1n) is 12.9. The number of morpholine rings is 1. The SMILES string of the molecule is C=CS(=O)(=O)NCC1CCCN1S(=O)(=O)c1ccc(N(Cc2ccc(C(F)(F)F)cc2)C(=O)N2CCOCC2)cc1. The predicted octanol–water partition coefficient (Wildman–Crippen LogP) is 3.38. The number of urea groups is 1. The molecule has 0 aliphatic carbocycles. The van der Waals surface area contributed by atoms with Gasteiger partial charge >= 0.3 is 12.2 Å². The zero-order chi connectivity index (χ0) is 29.8. The molecule has 2 saturated heterocycles. The lowest BCUT2D eigenvalue weighted by atomic mass is 10.1. The van der Waals surface area contributed by atoms with Gasteiger partial charge in [0, 0.05) is 43.3 Å². The zero-order valence-electron chi connectivity index (χ0n) is 22.1. The number of halogens is 3. The van der Waals surface area contributed by atoms with Crippen LogP contribution >= 0.6 is 0 Å². The van der Waals surface area contributed by atoms with E-state index in [1.54, 1.807) is 4.90 Å². The van der Waals surface area contributed by atoms with E-state index in [-0.39, 0.29) is 24.5 Å². The molecule has 4 rings (SSSR count). The van der Waals surface area contributed by atoms with Gasteiger partial charge in [0.25, 0.3) is 0 Å². The van der Waals surface area contributed by atoms with Gasteiger partial charge in [0.15, 0.2) is 0 Å². The molecule has 2 aliphatic heterocycles. The number of nitrogens with one attached hydrogen (secondary N) is 1. The molecule has 0 aromatic heterocycles. The highest BCUT2D eigenvalue weighted by molar-refractivity contribution is 7.92. The Morgan fingerprint density at radius 1 is 1.02 bits per heavy atom. The average Bonchev–Trinajstić information content (AvgIpc) is 3.45. The van der Waals surface area contributed by atoms with Crippen LogP contribution in [0.3, 0.4) is 0 Å². The van der Waals surface area contributed by atoms with E-state index in [4.69, 9.17) is 4.74 Å². The van der Waals surface area contributed by atoms with Crippen LogP contribution in [-0.2, 0) is 37.5 Å². The molecular formula is C26H31F3N4O6S2. The average molecular weight is 617 g/mol.